The molecule has 1 aliphatic rings. The summed E-state index contributed by atoms with van der Waals surface area (Å²) >= 11 is 0. The average molecular weight is 221 g/mol. The summed E-state index contributed by atoms with van der Waals surface area (Å²) < 4.78 is 1.85. The van der Waals surface area contributed by atoms with Crippen molar-refractivity contribution in [2.75, 3.05) is 5.32 Å². The van der Waals surface area contributed by atoms with Crippen LogP contribution in [-0.4, -0.2) is 15.8 Å². The third kappa shape index (κ3) is 3.00. The van der Waals surface area contributed by atoms with Crippen LogP contribution in [-0.2, 0) is 7.05 Å². The lowest BCUT2D eigenvalue weighted by atomic mass is 9.83. The van der Waals surface area contributed by atoms with Gasteiger partial charge in [0.25, 0.3) is 0 Å². The highest BCUT2D eigenvalue weighted by atomic mass is 15.3. The van der Waals surface area contributed by atoms with Crippen LogP contribution in [0.15, 0.2) is 12.3 Å². The molecule has 0 aromatic carbocycles. The van der Waals surface area contributed by atoms with Gasteiger partial charge in [-0.2, -0.15) is 5.10 Å². The number of anilines is 1. The van der Waals surface area contributed by atoms with E-state index in [1.54, 1.807) is 0 Å². The number of hydrogen-bond acceptors (Lipinski definition) is 2. The number of aryl methyl sites for hydroxylation is 1. The molecule has 1 fully saturated rings. The van der Waals surface area contributed by atoms with Gasteiger partial charge in [0.2, 0.25) is 0 Å². The van der Waals surface area contributed by atoms with Gasteiger partial charge >= 0.3 is 0 Å². The van der Waals surface area contributed by atoms with Crippen molar-refractivity contribution in [3.63, 3.8) is 0 Å². The Morgan fingerprint density at radius 2 is 2.12 bits per heavy atom. The molecule has 3 heteroatoms. The van der Waals surface area contributed by atoms with Gasteiger partial charge in [-0.1, -0.05) is 19.8 Å². The van der Waals surface area contributed by atoms with E-state index in [4.69, 9.17) is 0 Å². The van der Waals surface area contributed by atoms with E-state index in [2.05, 4.69) is 23.4 Å². The van der Waals surface area contributed by atoms with Gasteiger partial charge in [-0.25, -0.2) is 0 Å². The summed E-state index contributed by atoms with van der Waals surface area (Å²) in [5.74, 6) is 2.01. The normalized spacial score (nSPS) is 25.6. The van der Waals surface area contributed by atoms with Gasteiger partial charge in [0.15, 0.2) is 0 Å². The Kier molecular flexibility index (Phi) is 3.86. The van der Waals surface area contributed by atoms with Gasteiger partial charge in [-0.15, -0.1) is 0 Å². The molecule has 1 aromatic rings. The maximum Gasteiger partial charge on any atom is 0.148 e. The highest BCUT2D eigenvalue weighted by Gasteiger charge is 2.20. The molecule has 0 spiro atoms. The Morgan fingerprint density at radius 1 is 1.38 bits per heavy atom. The summed E-state index contributed by atoms with van der Waals surface area (Å²) in [6, 6.07) is 2.70. The van der Waals surface area contributed by atoms with Crippen molar-refractivity contribution < 1.29 is 0 Å². The maximum atomic E-state index is 4.37. The molecule has 1 heterocycles. The van der Waals surface area contributed by atoms with Gasteiger partial charge in [0, 0.05) is 25.4 Å². The second-order valence-corrected chi connectivity index (χ2v) is 5.03. The Balaban J connectivity index is 1.77. The van der Waals surface area contributed by atoms with Crippen LogP contribution in [0.5, 0.6) is 0 Å². The van der Waals surface area contributed by atoms with E-state index < -0.39 is 0 Å². The summed E-state index contributed by atoms with van der Waals surface area (Å²) in [6.45, 7) is 2.29. The predicted octanol–water partition coefficient (Wildman–Crippen LogP) is 3.19. The summed E-state index contributed by atoms with van der Waals surface area (Å²) in [5.41, 5.74) is 0. The van der Waals surface area contributed by atoms with Crippen LogP contribution in [0.1, 0.15) is 45.4 Å². The Morgan fingerprint density at radius 3 is 2.69 bits per heavy atom. The summed E-state index contributed by atoms with van der Waals surface area (Å²) in [4.78, 5) is 0. The predicted molar refractivity (Wildman–Crippen MR) is 67.5 cm³/mol. The molecule has 1 aromatic heterocycles. The van der Waals surface area contributed by atoms with Gasteiger partial charge < -0.3 is 5.32 Å². The van der Waals surface area contributed by atoms with E-state index in [1.807, 2.05) is 17.9 Å². The molecule has 0 unspecified atom stereocenters. The van der Waals surface area contributed by atoms with Crippen molar-refractivity contribution >= 4 is 5.82 Å². The lowest BCUT2D eigenvalue weighted by Crippen LogP contribution is -2.26. The number of nitrogens with zero attached hydrogens (tertiary/aromatic N) is 2. The van der Waals surface area contributed by atoms with Crippen LogP contribution in [0.2, 0.25) is 0 Å². The lowest BCUT2D eigenvalue weighted by Gasteiger charge is -2.28. The molecule has 3 nitrogen and oxygen atoms in total. The molecule has 16 heavy (non-hydrogen) atoms. The van der Waals surface area contributed by atoms with Gasteiger partial charge in [-0.05, 0) is 31.6 Å². The van der Waals surface area contributed by atoms with Gasteiger partial charge in [0.1, 0.15) is 5.82 Å². The third-order valence-corrected chi connectivity index (χ3v) is 3.61. The van der Waals surface area contributed by atoms with Crippen LogP contribution in [0.25, 0.3) is 0 Å². The number of aromatic nitrogens is 2. The fourth-order valence-electron chi connectivity index (χ4n) is 2.70. The second-order valence-electron chi connectivity index (χ2n) is 5.03. The van der Waals surface area contributed by atoms with Crippen LogP contribution < -0.4 is 5.32 Å². The van der Waals surface area contributed by atoms with Crippen molar-refractivity contribution in [3.05, 3.63) is 12.3 Å². The molecule has 1 N–H and O–H groups in total. The second kappa shape index (κ2) is 5.37. The molecule has 1 saturated carbocycles. The SMILES string of the molecule is CCCC1CCC(Nc2ccn(C)n2)CC1. The van der Waals surface area contributed by atoms with Crippen molar-refractivity contribution in [2.24, 2.45) is 13.0 Å². The van der Waals surface area contributed by atoms with Gasteiger partial charge in [0.05, 0.1) is 0 Å². The van der Waals surface area contributed by atoms with E-state index in [9.17, 15) is 0 Å². The van der Waals surface area contributed by atoms with Crippen LogP contribution in [0.3, 0.4) is 0 Å². The summed E-state index contributed by atoms with van der Waals surface area (Å²) in [5, 5.41) is 7.90. The molecular weight excluding hydrogens is 198 g/mol. The van der Waals surface area contributed by atoms with Crippen LogP contribution in [0, 0.1) is 5.92 Å². The van der Waals surface area contributed by atoms with E-state index >= 15 is 0 Å². The number of hydrogen-bond donors (Lipinski definition) is 1. The van der Waals surface area contributed by atoms with Gasteiger partial charge in [-0.3, -0.25) is 4.68 Å². The fraction of sp³-hybridized carbons (Fsp3) is 0.769. The average Bonchev–Trinajstić information content (AvgIpc) is 2.67. The quantitative estimate of drug-likeness (QED) is 0.846. The molecule has 0 aliphatic heterocycles. The zero-order chi connectivity index (χ0) is 11.4. The smallest absolute Gasteiger partial charge is 0.148 e. The van der Waals surface area contributed by atoms with Crippen molar-refractivity contribution in [1.82, 2.24) is 9.78 Å². The molecule has 2 rings (SSSR count). The molecule has 0 amide bonds. The standard InChI is InChI=1S/C13H23N3/c1-3-4-11-5-7-12(8-6-11)14-13-9-10-16(2)15-13/h9-12H,3-8H2,1-2H3,(H,14,15). The molecule has 1 aliphatic carbocycles. The minimum atomic E-state index is 0.642. The maximum absolute atomic E-state index is 4.37. The molecule has 90 valence electrons. The van der Waals surface area contributed by atoms with E-state index in [-0.39, 0.29) is 0 Å². The van der Waals surface area contributed by atoms with Crippen molar-refractivity contribution in [2.45, 2.75) is 51.5 Å². The topological polar surface area (TPSA) is 29.9 Å². The van der Waals surface area contributed by atoms with E-state index in [0.29, 0.717) is 6.04 Å². The highest BCUT2D eigenvalue weighted by Crippen LogP contribution is 2.29. The Bertz CT molecular complexity index is 311. The molecule has 0 bridgehead atoms. The largest absolute Gasteiger partial charge is 0.366 e. The monoisotopic (exact) mass is 221 g/mol. The minimum Gasteiger partial charge on any atom is -0.366 e. The minimum absolute atomic E-state index is 0.642. The first-order valence-electron chi connectivity index (χ1n) is 6.54. The fourth-order valence-corrected chi connectivity index (χ4v) is 2.70. The van der Waals surface area contributed by atoms with Crippen LogP contribution in [0.4, 0.5) is 5.82 Å². The van der Waals surface area contributed by atoms with Crippen molar-refractivity contribution in [3.8, 4) is 0 Å². The summed E-state index contributed by atoms with van der Waals surface area (Å²) in [6.07, 6.45) is 10.1. The lowest BCUT2D eigenvalue weighted by molar-refractivity contribution is 0.318. The van der Waals surface area contributed by atoms with Crippen molar-refractivity contribution in [1.29, 1.82) is 0 Å². The first-order chi connectivity index (χ1) is 7.78. The number of rotatable bonds is 4. The van der Waals surface area contributed by atoms with E-state index in [1.165, 1.54) is 38.5 Å². The zero-order valence-electron chi connectivity index (χ0n) is 10.4. The zero-order valence-corrected chi connectivity index (χ0v) is 10.4. The number of nitrogens with one attached hydrogen (secondary N) is 1. The summed E-state index contributed by atoms with van der Waals surface area (Å²) in [7, 11) is 1.96. The molecular formula is C13H23N3. The Hall–Kier alpha value is -0.990. The van der Waals surface area contributed by atoms with E-state index in [0.717, 1.165) is 11.7 Å². The molecule has 0 saturated heterocycles. The first kappa shape index (κ1) is 11.5. The molecule has 0 radical (unpaired) electrons. The first-order valence-corrected chi connectivity index (χ1v) is 6.54. The Labute approximate surface area is 98.2 Å². The highest BCUT2D eigenvalue weighted by molar-refractivity contribution is 5.33. The molecule has 0 atom stereocenters. The third-order valence-electron chi connectivity index (χ3n) is 3.61. The van der Waals surface area contributed by atoms with Crippen LogP contribution >= 0.6 is 0 Å².